The van der Waals surface area contributed by atoms with Crippen LogP contribution < -0.4 is 9.46 Å². The number of likely N-dealkylation sites (N-methyl/N-ethyl adjacent to an activating group) is 2. The molecule has 0 unspecified atom stereocenters. The summed E-state index contributed by atoms with van der Waals surface area (Å²) in [5, 5.41) is 9.23. The van der Waals surface area contributed by atoms with E-state index < -0.39 is 18.1 Å². The summed E-state index contributed by atoms with van der Waals surface area (Å²) in [5.74, 6) is 0.340. The van der Waals surface area contributed by atoms with Crippen LogP contribution in [0.25, 0.3) is 0 Å². The zero-order chi connectivity index (χ0) is 18.8. The third-order valence-corrected chi connectivity index (χ3v) is 4.17. The number of benzene rings is 1. The van der Waals surface area contributed by atoms with Crippen molar-refractivity contribution in [1.82, 2.24) is 14.5 Å². The van der Waals surface area contributed by atoms with Gasteiger partial charge in [-0.25, -0.2) is 9.52 Å². The van der Waals surface area contributed by atoms with E-state index >= 15 is 0 Å². The summed E-state index contributed by atoms with van der Waals surface area (Å²) >= 11 is 1.38. The van der Waals surface area contributed by atoms with Crippen molar-refractivity contribution < 1.29 is 19.4 Å². The summed E-state index contributed by atoms with van der Waals surface area (Å²) in [4.78, 5) is 26.7. The van der Waals surface area contributed by atoms with Gasteiger partial charge in [0.2, 0.25) is 0 Å². The molecular formula is C17H27N3O4S. The minimum absolute atomic E-state index is 0.360. The van der Waals surface area contributed by atoms with E-state index in [4.69, 9.17) is 4.74 Å². The van der Waals surface area contributed by atoms with Crippen molar-refractivity contribution in [2.45, 2.75) is 19.4 Å². The van der Waals surface area contributed by atoms with Gasteiger partial charge >= 0.3 is 12.1 Å². The molecule has 0 aromatic heterocycles. The van der Waals surface area contributed by atoms with Crippen LogP contribution in [0.5, 0.6) is 5.75 Å². The van der Waals surface area contributed by atoms with Crippen LogP contribution in [0.1, 0.15) is 12.5 Å². The number of nitrogens with one attached hydrogen (secondary N) is 1. The van der Waals surface area contributed by atoms with Crippen molar-refractivity contribution in [2.75, 3.05) is 40.0 Å². The van der Waals surface area contributed by atoms with E-state index in [0.717, 1.165) is 17.9 Å². The molecule has 0 saturated carbocycles. The largest absolute Gasteiger partial charge is 0.480 e. The lowest BCUT2D eigenvalue weighted by Gasteiger charge is -2.19. The summed E-state index contributed by atoms with van der Waals surface area (Å²) in [6.45, 7) is 3.28. The molecule has 1 aromatic rings. The molecule has 0 fully saturated rings. The van der Waals surface area contributed by atoms with Crippen molar-refractivity contribution in [1.29, 1.82) is 0 Å². The van der Waals surface area contributed by atoms with Gasteiger partial charge < -0.3 is 19.6 Å². The average Bonchev–Trinajstić information content (AvgIpc) is 2.57. The Labute approximate surface area is 153 Å². The Morgan fingerprint density at radius 1 is 1.20 bits per heavy atom. The molecule has 0 spiro atoms. The fourth-order valence-electron chi connectivity index (χ4n) is 1.91. The molecule has 0 heterocycles. The minimum Gasteiger partial charge on any atom is -0.480 e. The van der Waals surface area contributed by atoms with Crippen LogP contribution >= 0.6 is 11.9 Å². The van der Waals surface area contributed by atoms with E-state index in [1.165, 1.54) is 16.8 Å². The minimum atomic E-state index is -0.890. The number of carboxylic acid groups (broad SMARTS) is 1. The van der Waals surface area contributed by atoms with Crippen molar-refractivity contribution >= 4 is 24.0 Å². The first-order valence-corrected chi connectivity index (χ1v) is 9.08. The standard InChI is InChI=1S/C17H27N3O4S/c1-5-25-18-15(16(21)22)12-13-6-8-14(9-7-13)24-17(23)20(4)11-10-19(2)3/h6-9,15,18H,5,10-12H2,1-4H3,(H,21,22)/t15-/m0/s1. The smallest absolute Gasteiger partial charge is 0.415 e. The molecule has 0 aliphatic carbocycles. The Morgan fingerprint density at radius 3 is 2.36 bits per heavy atom. The predicted molar refractivity (Wildman–Crippen MR) is 100 cm³/mol. The van der Waals surface area contributed by atoms with Crippen molar-refractivity contribution in [3.8, 4) is 5.75 Å². The Kier molecular flexibility index (Phi) is 9.33. The SMILES string of the molecule is CCSN[C@@H](Cc1ccc(OC(=O)N(C)CCN(C)C)cc1)C(=O)O. The van der Waals surface area contributed by atoms with E-state index in [1.54, 1.807) is 31.3 Å². The van der Waals surface area contributed by atoms with Crippen LogP contribution in [0.4, 0.5) is 4.79 Å². The molecule has 0 bridgehead atoms. The lowest BCUT2D eigenvalue weighted by Crippen LogP contribution is -2.35. The molecule has 140 valence electrons. The van der Waals surface area contributed by atoms with Gasteiger partial charge in [0, 0.05) is 25.9 Å². The van der Waals surface area contributed by atoms with E-state index in [-0.39, 0.29) is 0 Å². The molecule has 8 heteroatoms. The predicted octanol–water partition coefficient (Wildman–Crippen LogP) is 1.93. The first-order valence-electron chi connectivity index (χ1n) is 8.10. The number of carbonyl (C=O) groups excluding carboxylic acids is 1. The Bertz CT molecular complexity index is 551. The van der Waals surface area contributed by atoms with Gasteiger partial charge in [0.1, 0.15) is 11.8 Å². The first kappa shape index (κ1) is 21.3. The molecule has 2 N–H and O–H groups in total. The van der Waals surface area contributed by atoms with E-state index in [9.17, 15) is 14.7 Å². The summed E-state index contributed by atoms with van der Waals surface area (Å²) in [5.41, 5.74) is 0.859. The number of amides is 1. The Balaban J connectivity index is 2.57. The van der Waals surface area contributed by atoms with Crippen LogP contribution in [0, 0.1) is 0 Å². The third-order valence-electron chi connectivity index (χ3n) is 3.43. The summed E-state index contributed by atoms with van der Waals surface area (Å²) in [7, 11) is 5.57. The number of hydrogen-bond donors (Lipinski definition) is 2. The lowest BCUT2D eigenvalue weighted by atomic mass is 10.1. The van der Waals surface area contributed by atoms with Gasteiger partial charge in [0.15, 0.2) is 0 Å². The summed E-state index contributed by atoms with van der Waals surface area (Å²) in [6, 6.07) is 6.25. The normalized spacial score (nSPS) is 12.0. The second-order valence-electron chi connectivity index (χ2n) is 5.88. The molecule has 7 nitrogen and oxygen atoms in total. The van der Waals surface area contributed by atoms with E-state index in [0.29, 0.717) is 18.7 Å². The molecule has 1 rings (SSSR count). The second kappa shape index (κ2) is 11.0. The Hall–Kier alpha value is -1.77. The van der Waals surface area contributed by atoms with Gasteiger partial charge in [-0.2, -0.15) is 0 Å². The zero-order valence-electron chi connectivity index (χ0n) is 15.2. The molecule has 0 radical (unpaired) electrons. The fraction of sp³-hybridized carbons (Fsp3) is 0.529. The quantitative estimate of drug-likeness (QED) is 0.610. The number of nitrogens with zero attached hydrogens (tertiary/aromatic N) is 2. The van der Waals surface area contributed by atoms with Crippen LogP contribution in [0.2, 0.25) is 0 Å². The van der Waals surface area contributed by atoms with E-state index in [2.05, 4.69) is 4.72 Å². The van der Waals surface area contributed by atoms with E-state index in [1.807, 2.05) is 25.9 Å². The maximum atomic E-state index is 12.0. The molecular weight excluding hydrogens is 342 g/mol. The van der Waals surface area contributed by atoms with Crippen molar-refractivity contribution in [2.24, 2.45) is 0 Å². The van der Waals surface area contributed by atoms with Crippen LogP contribution in [-0.4, -0.2) is 73.0 Å². The van der Waals surface area contributed by atoms with Gasteiger partial charge in [0.25, 0.3) is 0 Å². The van der Waals surface area contributed by atoms with Crippen LogP contribution in [0.15, 0.2) is 24.3 Å². The molecule has 0 saturated heterocycles. The zero-order valence-corrected chi connectivity index (χ0v) is 16.0. The summed E-state index contributed by atoms with van der Waals surface area (Å²) in [6.07, 6.45) is -0.0572. The maximum Gasteiger partial charge on any atom is 0.415 e. The molecule has 1 aromatic carbocycles. The van der Waals surface area contributed by atoms with Crippen molar-refractivity contribution in [3.05, 3.63) is 29.8 Å². The highest BCUT2D eigenvalue weighted by molar-refractivity contribution is 7.97. The van der Waals surface area contributed by atoms with Crippen molar-refractivity contribution in [3.63, 3.8) is 0 Å². The van der Waals surface area contributed by atoms with Gasteiger partial charge in [-0.3, -0.25) is 4.79 Å². The number of aliphatic carboxylic acids is 1. The van der Waals surface area contributed by atoms with Gasteiger partial charge in [0.05, 0.1) is 0 Å². The van der Waals surface area contributed by atoms with Gasteiger partial charge in [-0.05, 0) is 38.2 Å². The maximum absolute atomic E-state index is 12.0. The average molecular weight is 369 g/mol. The highest BCUT2D eigenvalue weighted by atomic mass is 32.2. The number of ether oxygens (including phenoxy) is 1. The number of carboxylic acids is 1. The molecule has 1 amide bonds. The topological polar surface area (TPSA) is 82.1 Å². The lowest BCUT2D eigenvalue weighted by molar-refractivity contribution is -0.138. The fourth-order valence-corrected chi connectivity index (χ4v) is 2.46. The second-order valence-corrected chi connectivity index (χ2v) is 6.98. The highest BCUT2D eigenvalue weighted by Crippen LogP contribution is 2.15. The van der Waals surface area contributed by atoms with Gasteiger partial charge in [-0.15, -0.1) is 0 Å². The van der Waals surface area contributed by atoms with Crippen LogP contribution in [-0.2, 0) is 11.2 Å². The molecule has 25 heavy (non-hydrogen) atoms. The van der Waals surface area contributed by atoms with Crippen LogP contribution in [0.3, 0.4) is 0 Å². The summed E-state index contributed by atoms with van der Waals surface area (Å²) < 4.78 is 8.24. The molecule has 1 atom stereocenters. The molecule has 0 aliphatic rings. The Morgan fingerprint density at radius 2 is 1.84 bits per heavy atom. The first-order chi connectivity index (χ1) is 11.8. The molecule has 0 aliphatic heterocycles. The number of rotatable bonds is 10. The monoisotopic (exact) mass is 369 g/mol. The number of carbonyl (C=O) groups is 2. The highest BCUT2D eigenvalue weighted by Gasteiger charge is 2.17. The number of hydrogen-bond acceptors (Lipinski definition) is 6. The third kappa shape index (κ3) is 8.24. The van der Waals surface area contributed by atoms with Gasteiger partial charge in [-0.1, -0.05) is 31.0 Å².